The minimum Gasteiger partial charge on any atom is -0.393 e. The smallest absolute Gasteiger partial charge is 0.136 e. The second-order valence-electron chi connectivity index (χ2n) is 12.1. The Morgan fingerprint density at radius 1 is 1.10 bits per heavy atom. The van der Waals surface area contributed by atoms with Crippen LogP contribution in [0.25, 0.3) is 0 Å². The number of carbonyl (C=O) groups excluding carboxylic acids is 1. The summed E-state index contributed by atoms with van der Waals surface area (Å²) in [4.78, 5) is 13.0. The molecule has 0 aromatic heterocycles. The lowest BCUT2D eigenvalue weighted by atomic mass is 9.47. The van der Waals surface area contributed by atoms with Crippen LogP contribution in [0, 0.1) is 46.3 Å². The van der Waals surface area contributed by atoms with E-state index in [1.54, 1.807) is 5.57 Å². The van der Waals surface area contributed by atoms with Gasteiger partial charge in [0.05, 0.1) is 6.10 Å². The zero-order valence-corrected chi connectivity index (χ0v) is 19.5. The second-order valence-corrected chi connectivity index (χ2v) is 12.1. The third-order valence-corrected chi connectivity index (χ3v) is 10.2. The molecule has 164 valence electrons. The Morgan fingerprint density at radius 3 is 2.59 bits per heavy atom. The second kappa shape index (κ2) is 7.81. The zero-order valence-electron chi connectivity index (χ0n) is 19.5. The van der Waals surface area contributed by atoms with Gasteiger partial charge in [-0.3, -0.25) is 4.79 Å². The van der Waals surface area contributed by atoms with Crippen molar-refractivity contribution in [2.45, 2.75) is 105 Å². The molecule has 0 amide bonds. The van der Waals surface area contributed by atoms with E-state index in [1.807, 2.05) is 0 Å². The highest BCUT2D eigenvalue weighted by Gasteiger charge is 2.59. The Labute approximate surface area is 178 Å². The summed E-state index contributed by atoms with van der Waals surface area (Å²) in [6, 6.07) is 0. The standard InChI is InChI=1S/C27H44O2/c1-17(2)6-11-25(29)18(3)22-9-10-23-21-8-7-19-16-20(28)12-14-26(19,4)24(21)13-15-27(22,23)5/h7,17-18,20-24,28H,6,8-16H2,1-5H3/t18-,20+,21-,22+,23-,24-,26+,27-/m1/s1. The van der Waals surface area contributed by atoms with Gasteiger partial charge in [-0.1, -0.05) is 46.3 Å². The van der Waals surface area contributed by atoms with E-state index in [0.29, 0.717) is 28.4 Å². The maximum atomic E-state index is 13.0. The average molecular weight is 401 g/mol. The molecule has 1 N–H and O–H groups in total. The van der Waals surface area contributed by atoms with Gasteiger partial charge in [0.2, 0.25) is 0 Å². The fourth-order valence-corrected chi connectivity index (χ4v) is 8.39. The summed E-state index contributed by atoms with van der Waals surface area (Å²) in [5.74, 6) is 4.32. The molecule has 0 saturated heterocycles. The molecule has 0 spiro atoms. The van der Waals surface area contributed by atoms with Gasteiger partial charge >= 0.3 is 0 Å². The first kappa shape index (κ1) is 21.6. The zero-order chi connectivity index (χ0) is 21.0. The van der Waals surface area contributed by atoms with Crippen LogP contribution < -0.4 is 0 Å². The number of hydrogen-bond acceptors (Lipinski definition) is 2. The van der Waals surface area contributed by atoms with Crippen molar-refractivity contribution in [1.29, 1.82) is 0 Å². The number of fused-ring (bicyclic) bond motifs is 5. The first-order valence-electron chi connectivity index (χ1n) is 12.6. The van der Waals surface area contributed by atoms with Crippen molar-refractivity contribution in [2.75, 3.05) is 0 Å². The van der Waals surface area contributed by atoms with Crippen molar-refractivity contribution in [2.24, 2.45) is 46.3 Å². The van der Waals surface area contributed by atoms with E-state index in [4.69, 9.17) is 0 Å². The molecule has 29 heavy (non-hydrogen) atoms. The fourth-order valence-electron chi connectivity index (χ4n) is 8.39. The van der Waals surface area contributed by atoms with E-state index >= 15 is 0 Å². The molecule has 0 aromatic carbocycles. The van der Waals surface area contributed by atoms with E-state index in [-0.39, 0.29) is 12.0 Å². The van der Waals surface area contributed by atoms with E-state index < -0.39 is 0 Å². The maximum absolute atomic E-state index is 13.0. The van der Waals surface area contributed by atoms with Crippen LogP contribution in [0.15, 0.2) is 11.6 Å². The van der Waals surface area contributed by atoms with Gasteiger partial charge in [0, 0.05) is 12.3 Å². The van der Waals surface area contributed by atoms with Crippen LogP contribution in [0.2, 0.25) is 0 Å². The molecule has 0 unspecified atom stereocenters. The number of rotatable bonds is 5. The van der Waals surface area contributed by atoms with Crippen LogP contribution in [0.1, 0.15) is 98.8 Å². The van der Waals surface area contributed by atoms with Crippen molar-refractivity contribution < 1.29 is 9.90 Å². The third-order valence-electron chi connectivity index (χ3n) is 10.2. The lowest BCUT2D eigenvalue weighted by Gasteiger charge is -2.58. The number of aliphatic hydroxyl groups is 1. The first-order chi connectivity index (χ1) is 13.7. The van der Waals surface area contributed by atoms with Gasteiger partial charge in [-0.2, -0.15) is 0 Å². The average Bonchev–Trinajstić information content (AvgIpc) is 3.03. The van der Waals surface area contributed by atoms with Crippen LogP contribution in [-0.2, 0) is 4.79 Å². The number of ketones is 1. The SMILES string of the molecule is CC(C)CCC(=O)[C@H](C)[C@@H]1CC[C@@H]2[C@H]3CC=C4C[C@@H](O)CC[C@]4(C)[C@@H]3CC[C@@]21C. The summed E-state index contributed by atoms with van der Waals surface area (Å²) in [6.45, 7) is 11.7. The monoisotopic (exact) mass is 400 g/mol. The molecule has 8 atom stereocenters. The predicted molar refractivity (Wildman–Crippen MR) is 119 cm³/mol. The molecule has 4 aliphatic carbocycles. The van der Waals surface area contributed by atoms with Gasteiger partial charge in [0.15, 0.2) is 0 Å². The Balaban J connectivity index is 1.52. The summed E-state index contributed by atoms with van der Waals surface area (Å²) >= 11 is 0. The largest absolute Gasteiger partial charge is 0.393 e. The van der Waals surface area contributed by atoms with E-state index in [2.05, 4.69) is 40.7 Å². The summed E-state index contributed by atoms with van der Waals surface area (Å²) < 4.78 is 0. The highest BCUT2D eigenvalue weighted by atomic mass is 16.3. The summed E-state index contributed by atoms with van der Waals surface area (Å²) in [5.41, 5.74) is 2.23. The topological polar surface area (TPSA) is 37.3 Å². The normalized spacial score (nSPS) is 45.2. The third kappa shape index (κ3) is 3.56. The van der Waals surface area contributed by atoms with E-state index in [9.17, 15) is 9.90 Å². The molecular formula is C27H44O2. The number of allylic oxidation sites excluding steroid dienone is 1. The van der Waals surface area contributed by atoms with E-state index in [0.717, 1.165) is 49.9 Å². The Kier molecular flexibility index (Phi) is 5.82. The highest BCUT2D eigenvalue weighted by molar-refractivity contribution is 5.81. The minimum absolute atomic E-state index is 0.117. The van der Waals surface area contributed by atoms with Gasteiger partial charge in [0.25, 0.3) is 0 Å². The lowest BCUT2D eigenvalue weighted by molar-refractivity contribution is -0.127. The molecule has 2 nitrogen and oxygen atoms in total. The molecule has 2 heteroatoms. The number of carbonyl (C=O) groups is 1. The molecule has 3 saturated carbocycles. The summed E-state index contributed by atoms with van der Waals surface area (Å²) in [5, 5.41) is 10.2. The van der Waals surface area contributed by atoms with Crippen molar-refractivity contribution in [3.05, 3.63) is 11.6 Å². The molecule has 4 aliphatic rings. The maximum Gasteiger partial charge on any atom is 0.136 e. The van der Waals surface area contributed by atoms with Crippen molar-refractivity contribution in [1.82, 2.24) is 0 Å². The number of hydrogen-bond donors (Lipinski definition) is 1. The van der Waals surface area contributed by atoms with Crippen molar-refractivity contribution in [3.63, 3.8) is 0 Å². The molecule has 0 bridgehead atoms. The molecule has 0 aromatic rings. The van der Waals surface area contributed by atoms with Crippen LogP contribution >= 0.6 is 0 Å². The molecule has 0 heterocycles. The van der Waals surface area contributed by atoms with Gasteiger partial charge in [0.1, 0.15) is 5.78 Å². The molecule has 0 aliphatic heterocycles. The molecule has 0 radical (unpaired) electrons. The van der Waals surface area contributed by atoms with Gasteiger partial charge in [-0.25, -0.2) is 0 Å². The van der Waals surface area contributed by atoms with Crippen LogP contribution in [0.3, 0.4) is 0 Å². The minimum atomic E-state index is -0.117. The predicted octanol–water partition coefficient (Wildman–Crippen LogP) is 6.57. The van der Waals surface area contributed by atoms with Crippen LogP contribution in [-0.4, -0.2) is 17.0 Å². The Morgan fingerprint density at radius 2 is 1.86 bits per heavy atom. The van der Waals surface area contributed by atoms with Gasteiger partial charge in [-0.05, 0) is 98.2 Å². The van der Waals surface area contributed by atoms with Gasteiger partial charge < -0.3 is 5.11 Å². The Bertz CT molecular complexity index is 663. The summed E-state index contributed by atoms with van der Waals surface area (Å²) in [7, 11) is 0. The molecule has 3 fully saturated rings. The molecule has 4 rings (SSSR count). The van der Waals surface area contributed by atoms with Crippen molar-refractivity contribution in [3.8, 4) is 0 Å². The summed E-state index contributed by atoms with van der Waals surface area (Å²) in [6.07, 6.45) is 13.7. The fraction of sp³-hybridized carbons (Fsp3) is 0.889. The highest BCUT2D eigenvalue weighted by Crippen LogP contribution is 2.67. The number of aliphatic hydroxyl groups excluding tert-OH is 1. The van der Waals surface area contributed by atoms with Crippen molar-refractivity contribution >= 4 is 5.78 Å². The van der Waals surface area contributed by atoms with E-state index in [1.165, 1.54) is 32.1 Å². The van der Waals surface area contributed by atoms with Crippen LogP contribution in [0.5, 0.6) is 0 Å². The van der Waals surface area contributed by atoms with Crippen LogP contribution in [0.4, 0.5) is 0 Å². The number of Topliss-reactive ketones (excluding diaryl/α,β-unsaturated/α-hetero) is 1. The first-order valence-corrected chi connectivity index (χ1v) is 12.6. The lowest BCUT2D eigenvalue weighted by Crippen LogP contribution is -2.51. The Hall–Kier alpha value is -0.630. The quantitative estimate of drug-likeness (QED) is 0.530. The van der Waals surface area contributed by atoms with Gasteiger partial charge in [-0.15, -0.1) is 0 Å². The molecular weight excluding hydrogens is 356 g/mol.